The largest absolute Gasteiger partial charge is 0.426 e. The summed E-state index contributed by atoms with van der Waals surface area (Å²) in [5.41, 5.74) is 0. The Bertz CT molecular complexity index is 93.0. The van der Waals surface area contributed by atoms with E-state index in [4.69, 9.17) is 9.83 Å². The number of hydrogen-bond acceptors (Lipinski definition) is 2. The molecule has 0 amide bonds. The Morgan fingerprint density at radius 1 is 1.78 bits per heavy atom. The van der Waals surface area contributed by atoms with Crippen molar-refractivity contribution in [2.75, 3.05) is 6.61 Å². The van der Waals surface area contributed by atoms with Gasteiger partial charge in [-0.3, -0.25) is 0 Å². The maximum absolute atomic E-state index is 6.13. The van der Waals surface area contributed by atoms with Crippen LogP contribution in [-0.2, 0) is 4.43 Å². The molecule has 1 atom stereocenters. The van der Waals surface area contributed by atoms with Gasteiger partial charge >= 0.3 is 0 Å². The first-order chi connectivity index (χ1) is 4.27. The van der Waals surface area contributed by atoms with E-state index < -0.39 is 7.75 Å². The third-order valence-electron chi connectivity index (χ3n) is 2.06. The number of hydrogen-bond donors (Lipinski definition) is 1. The Morgan fingerprint density at radius 3 is 2.89 bits per heavy atom. The molecule has 0 aromatic rings. The minimum Gasteiger partial charge on any atom is -0.426 e. The van der Waals surface area contributed by atoms with Crippen molar-refractivity contribution in [3.05, 3.63) is 0 Å². The van der Waals surface area contributed by atoms with Crippen molar-refractivity contribution in [1.29, 1.82) is 0 Å². The summed E-state index contributed by atoms with van der Waals surface area (Å²) in [4.78, 5) is 0. The van der Waals surface area contributed by atoms with Crippen LogP contribution in [-0.4, -0.2) is 23.6 Å². The second kappa shape index (κ2) is 2.96. The van der Waals surface area contributed by atoms with Crippen molar-refractivity contribution in [2.24, 2.45) is 5.40 Å². The summed E-state index contributed by atoms with van der Waals surface area (Å²) in [5, 5.41) is 6.13. The predicted octanol–water partition coefficient (Wildman–Crippen LogP) is -0.0887. The minimum absolute atomic E-state index is 0.257. The Labute approximate surface area is 59.6 Å². The lowest BCUT2D eigenvalue weighted by molar-refractivity contribution is 0.333. The first kappa shape index (κ1) is 7.46. The van der Waals surface area contributed by atoms with Crippen molar-refractivity contribution in [3.8, 4) is 0 Å². The van der Waals surface area contributed by atoms with Gasteiger partial charge in [0.25, 0.3) is 0 Å². The topological polar surface area (TPSA) is 35.2 Å². The number of nitrogens with two attached hydrogens (primary N) is 1. The van der Waals surface area contributed by atoms with Crippen LogP contribution in [0.1, 0.15) is 13.3 Å². The fraction of sp³-hybridized carbons (Fsp3) is 1.00. The zero-order chi connectivity index (χ0) is 6.74. The average molecular weight is 161 g/mol. The summed E-state index contributed by atoms with van der Waals surface area (Å²) in [6, 6.07) is 2.56. The fourth-order valence-electron chi connectivity index (χ4n) is 1.15. The smallest absolute Gasteiger partial charge is 0.168 e. The molecule has 1 rings (SSSR count). The summed E-state index contributed by atoms with van der Waals surface area (Å²) in [7, 11) is -1.45. The van der Waals surface area contributed by atoms with E-state index in [9.17, 15) is 0 Å². The minimum atomic E-state index is -1.19. The molecule has 0 bridgehead atoms. The summed E-state index contributed by atoms with van der Waals surface area (Å²) < 4.78 is 5.45. The molecule has 2 nitrogen and oxygen atoms in total. The third-order valence-corrected chi connectivity index (χ3v) is 10.8. The van der Waals surface area contributed by atoms with Crippen molar-refractivity contribution < 1.29 is 4.43 Å². The summed E-state index contributed by atoms with van der Waals surface area (Å²) >= 11 is 0. The van der Waals surface area contributed by atoms with Gasteiger partial charge < -0.3 is 9.83 Å². The number of rotatable bonds is 1. The van der Waals surface area contributed by atoms with Crippen molar-refractivity contribution in [3.63, 3.8) is 0 Å². The van der Waals surface area contributed by atoms with Crippen LogP contribution in [0, 0.1) is 0 Å². The molecule has 0 aromatic heterocycles. The second-order valence-corrected chi connectivity index (χ2v) is 12.6. The molecule has 0 saturated carbocycles. The van der Waals surface area contributed by atoms with E-state index in [0.29, 0.717) is 0 Å². The molecule has 0 aliphatic carbocycles. The highest BCUT2D eigenvalue weighted by Crippen LogP contribution is 2.14. The van der Waals surface area contributed by atoms with Gasteiger partial charge in [-0.2, -0.15) is 0 Å². The molecule has 4 heteroatoms. The van der Waals surface area contributed by atoms with Gasteiger partial charge in [0.1, 0.15) is 7.75 Å². The third kappa shape index (κ3) is 1.89. The first-order valence-electron chi connectivity index (χ1n) is 3.63. The lowest BCUT2D eigenvalue weighted by Crippen LogP contribution is -2.54. The average Bonchev–Trinajstić information content (AvgIpc) is 1.90. The van der Waals surface area contributed by atoms with Crippen LogP contribution in [0.15, 0.2) is 0 Å². The zero-order valence-electron chi connectivity index (χ0n) is 6.02. The molecular formula is C5H15NOSi2. The van der Waals surface area contributed by atoms with Crippen LogP contribution in [0.3, 0.4) is 0 Å². The molecule has 0 spiro atoms. The van der Waals surface area contributed by atoms with Crippen LogP contribution < -0.4 is 5.40 Å². The highest BCUT2D eigenvalue weighted by Gasteiger charge is 2.29. The van der Waals surface area contributed by atoms with E-state index in [1.54, 1.807) is 0 Å². The van der Waals surface area contributed by atoms with E-state index in [2.05, 4.69) is 6.92 Å². The molecule has 9 heavy (non-hydrogen) atoms. The Morgan fingerprint density at radius 2 is 2.56 bits per heavy atom. The first-order valence-corrected chi connectivity index (χ1v) is 9.03. The molecule has 2 N–H and O–H groups in total. The Kier molecular flexibility index (Phi) is 2.45. The molecule has 0 aromatic carbocycles. The standard InChI is InChI=1S/C5H15NOSi2/c1-2-9(6)5-3-4-7-8-9/h2-6,8H2,1H3. The fourth-order valence-corrected chi connectivity index (χ4v) is 6.91. The van der Waals surface area contributed by atoms with Crippen molar-refractivity contribution in [1.82, 2.24) is 0 Å². The van der Waals surface area contributed by atoms with Crippen LogP contribution in [0.2, 0.25) is 12.1 Å². The van der Waals surface area contributed by atoms with E-state index >= 15 is 0 Å². The van der Waals surface area contributed by atoms with E-state index in [0.717, 1.165) is 6.61 Å². The van der Waals surface area contributed by atoms with E-state index in [1.165, 1.54) is 18.5 Å². The van der Waals surface area contributed by atoms with Gasteiger partial charge in [0.15, 0.2) is 9.28 Å². The maximum Gasteiger partial charge on any atom is 0.168 e. The molecule has 1 aliphatic heterocycles. The summed E-state index contributed by atoms with van der Waals surface area (Å²) in [6.07, 6.45) is 1.23. The Balaban J connectivity index is 2.37. The highest BCUT2D eigenvalue weighted by atomic mass is 29.2. The lowest BCUT2D eigenvalue weighted by Gasteiger charge is -2.28. The van der Waals surface area contributed by atoms with E-state index in [-0.39, 0.29) is 9.28 Å². The monoisotopic (exact) mass is 161 g/mol. The van der Waals surface area contributed by atoms with E-state index in [1.807, 2.05) is 0 Å². The summed E-state index contributed by atoms with van der Waals surface area (Å²) in [6.45, 7) is 3.21. The second-order valence-electron chi connectivity index (χ2n) is 2.87. The Hall–Kier alpha value is 0.354. The zero-order valence-corrected chi connectivity index (χ0v) is 8.44. The van der Waals surface area contributed by atoms with Crippen molar-refractivity contribution in [2.45, 2.75) is 25.4 Å². The van der Waals surface area contributed by atoms with Crippen LogP contribution in [0.5, 0.6) is 0 Å². The van der Waals surface area contributed by atoms with Crippen LogP contribution in [0.4, 0.5) is 0 Å². The molecule has 1 aliphatic rings. The van der Waals surface area contributed by atoms with Gasteiger partial charge in [-0.25, -0.2) is 0 Å². The van der Waals surface area contributed by atoms with Crippen molar-refractivity contribution >= 4 is 17.0 Å². The highest BCUT2D eigenvalue weighted by molar-refractivity contribution is 7.21. The molecule has 54 valence electrons. The SMILES string of the molecule is CC[Si]1(N)CCCO[SiH2]1. The molecule has 1 fully saturated rings. The summed E-state index contributed by atoms with van der Waals surface area (Å²) in [5.74, 6) is 0. The van der Waals surface area contributed by atoms with Crippen LogP contribution >= 0.6 is 0 Å². The molecule has 0 radical (unpaired) electrons. The molecule has 1 heterocycles. The van der Waals surface area contributed by atoms with Gasteiger partial charge in [0.05, 0.1) is 0 Å². The maximum atomic E-state index is 6.13. The van der Waals surface area contributed by atoms with Gasteiger partial charge in [0, 0.05) is 6.61 Å². The van der Waals surface area contributed by atoms with Gasteiger partial charge in [-0.05, 0) is 18.5 Å². The quantitative estimate of drug-likeness (QED) is 0.546. The normalized spacial score (nSPS) is 39.3. The lowest BCUT2D eigenvalue weighted by atomic mass is 10.5. The molecular weight excluding hydrogens is 146 g/mol. The molecule has 1 saturated heterocycles. The van der Waals surface area contributed by atoms with Crippen LogP contribution in [0.25, 0.3) is 0 Å². The van der Waals surface area contributed by atoms with Gasteiger partial charge in [0.2, 0.25) is 0 Å². The van der Waals surface area contributed by atoms with Gasteiger partial charge in [-0.15, -0.1) is 0 Å². The molecule has 1 unspecified atom stereocenters. The predicted molar refractivity (Wildman–Crippen MR) is 44.3 cm³/mol. The van der Waals surface area contributed by atoms with Gasteiger partial charge in [-0.1, -0.05) is 6.92 Å².